The van der Waals surface area contributed by atoms with Gasteiger partial charge in [-0.05, 0) is 74.9 Å². The van der Waals surface area contributed by atoms with E-state index < -0.39 is 5.97 Å². The predicted octanol–water partition coefficient (Wildman–Crippen LogP) is 12.4. The highest BCUT2D eigenvalue weighted by Crippen LogP contribution is 2.38. The van der Waals surface area contributed by atoms with E-state index in [2.05, 4.69) is 118 Å². The van der Waals surface area contributed by atoms with Crippen LogP contribution in [0.5, 0.6) is 5.75 Å². The number of rotatable bonds is 13. The number of aliphatic carboxylic acids is 1. The van der Waals surface area contributed by atoms with Gasteiger partial charge in [0, 0.05) is 27.6 Å². The summed E-state index contributed by atoms with van der Waals surface area (Å²) < 4.78 is 8.48. The number of hydrogen-bond donors (Lipinski definition) is 2. The van der Waals surface area contributed by atoms with Gasteiger partial charge in [-0.25, -0.2) is 9.48 Å². The van der Waals surface area contributed by atoms with E-state index in [1.807, 2.05) is 108 Å². The Bertz CT molecular complexity index is 2630. The van der Waals surface area contributed by atoms with Crippen molar-refractivity contribution >= 4 is 33.3 Å². The summed E-state index contributed by atoms with van der Waals surface area (Å²) in [6, 6.07) is 64.9. The van der Waals surface area contributed by atoms with E-state index in [-0.39, 0.29) is 6.61 Å². The van der Waals surface area contributed by atoms with Gasteiger partial charge in [-0.1, -0.05) is 171 Å². The zero-order valence-electron chi connectivity index (χ0n) is 32.6. The number of carboxylic acid groups (broad SMARTS) is 1. The van der Waals surface area contributed by atoms with E-state index in [0.717, 1.165) is 79.2 Å². The molecule has 0 amide bonds. The Morgan fingerprint density at radius 3 is 1.97 bits per heavy atom. The molecule has 8 rings (SSSR count). The van der Waals surface area contributed by atoms with Crippen LogP contribution < -0.4 is 10.2 Å². The summed E-state index contributed by atoms with van der Waals surface area (Å²) in [4.78, 5) is 11.0. The van der Waals surface area contributed by atoms with Crippen LogP contribution >= 0.6 is 15.9 Å². The third-order valence-corrected chi connectivity index (χ3v) is 10.3. The number of carbonyl (C=O) groups is 1. The molecule has 8 heteroatoms. The molecule has 0 aliphatic heterocycles. The van der Waals surface area contributed by atoms with Gasteiger partial charge in [-0.15, -0.1) is 0 Å². The van der Waals surface area contributed by atoms with Crippen LogP contribution in [0.1, 0.15) is 23.7 Å². The van der Waals surface area contributed by atoms with Crippen LogP contribution in [-0.4, -0.2) is 33.2 Å². The number of ether oxygens (including phenoxy) is 1. The van der Waals surface area contributed by atoms with Crippen LogP contribution in [0.4, 0.5) is 5.69 Å². The molecule has 8 aromatic rings. The summed E-state index contributed by atoms with van der Waals surface area (Å²) in [6.45, 7) is 1.77. The number of carboxylic acids is 1. The summed E-state index contributed by atoms with van der Waals surface area (Å²) in [7, 11) is 0. The van der Waals surface area contributed by atoms with Gasteiger partial charge in [0.2, 0.25) is 0 Å². The lowest BCUT2D eigenvalue weighted by atomic mass is 9.97. The Kier molecular flexibility index (Phi) is 13.6. The molecule has 0 spiro atoms. The van der Waals surface area contributed by atoms with Gasteiger partial charge in [0.1, 0.15) is 11.4 Å². The minimum Gasteiger partial charge on any atom is -0.482 e. The van der Waals surface area contributed by atoms with Gasteiger partial charge >= 0.3 is 5.97 Å². The number of hydrazone groups is 1. The third-order valence-electron chi connectivity index (χ3n) is 9.57. The number of halogens is 1. The largest absolute Gasteiger partial charge is 0.482 e. The maximum absolute atomic E-state index is 11.0. The van der Waals surface area contributed by atoms with Crippen molar-refractivity contribution in [1.29, 1.82) is 0 Å². The topological polar surface area (TPSA) is 88.7 Å². The van der Waals surface area contributed by atoms with E-state index in [1.54, 1.807) is 6.07 Å². The number of anilines is 1. The van der Waals surface area contributed by atoms with Gasteiger partial charge in [-0.3, -0.25) is 5.43 Å². The van der Waals surface area contributed by atoms with E-state index in [9.17, 15) is 4.79 Å². The molecule has 292 valence electrons. The minimum atomic E-state index is -1.01. The molecule has 59 heavy (non-hydrogen) atoms. The fourth-order valence-electron chi connectivity index (χ4n) is 6.79. The van der Waals surface area contributed by atoms with Crippen LogP contribution in [0.2, 0.25) is 0 Å². The number of aromatic nitrogens is 2. The molecule has 0 aliphatic carbocycles. The molecule has 1 heterocycles. The molecule has 0 aliphatic rings. The normalized spacial score (nSPS) is 11.0. The van der Waals surface area contributed by atoms with Gasteiger partial charge in [-0.2, -0.15) is 10.2 Å². The molecule has 0 saturated heterocycles. The van der Waals surface area contributed by atoms with Gasteiger partial charge < -0.3 is 9.84 Å². The molecule has 0 fully saturated rings. The monoisotopic (exact) mass is 838 g/mol. The fourth-order valence-corrected chi connectivity index (χ4v) is 7.16. The van der Waals surface area contributed by atoms with Crippen molar-refractivity contribution in [1.82, 2.24) is 9.78 Å². The first-order valence-corrected chi connectivity index (χ1v) is 20.2. The van der Waals surface area contributed by atoms with Crippen molar-refractivity contribution in [3.63, 3.8) is 0 Å². The molecule has 0 atom stereocenters. The van der Waals surface area contributed by atoms with Crippen molar-refractivity contribution in [2.24, 2.45) is 5.10 Å². The Morgan fingerprint density at radius 2 is 1.29 bits per heavy atom. The molecule has 1 aromatic heterocycles. The molecular formula is C51H43BrN4O3. The molecule has 0 bridgehead atoms. The van der Waals surface area contributed by atoms with E-state index in [4.69, 9.17) is 14.9 Å². The van der Waals surface area contributed by atoms with Crippen LogP contribution in [0.15, 0.2) is 204 Å². The Hall–Kier alpha value is -7.03. The first-order chi connectivity index (χ1) is 29.0. The Balaban J connectivity index is 0.000000198. The lowest BCUT2D eigenvalue weighted by Crippen LogP contribution is -2.09. The number of para-hydroxylation sites is 2. The molecule has 0 unspecified atom stereocenters. The Morgan fingerprint density at radius 1 is 0.695 bits per heavy atom. The summed E-state index contributed by atoms with van der Waals surface area (Å²) in [6.07, 6.45) is 1.57. The van der Waals surface area contributed by atoms with Crippen molar-refractivity contribution in [3.8, 4) is 44.9 Å². The number of benzene rings is 7. The van der Waals surface area contributed by atoms with Crippen molar-refractivity contribution in [2.75, 3.05) is 12.0 Å². The molecular weight excluding hydrogens is 796 g/mol. The SMILES string of the molecule is Brc1ccccc1N/N=C(\Cc1ccccc1)c1ccccc1.CCc1c(-c2ccccc2)c(-c2ccccc2)nn1-c1ccccc1-c1cccc(OCC(=O)O)c1. The van der Waals surface area contributed by atoms with Gasteiger partial charge in [0.25, 0.3) is 0 Å². The second kappa shape index (κ2) is 19.9. The average molecular weight is 840 g/mol. The second-order valence-corrected chi connectivity index (χ2v) is 14.4. The minimum absolute atomic E-state index is 0.384. The highest BCUT2D eigenvalue weighted by molar-refractivity contribution is 9.10. The average Bonchev–Trinajstić information content (AvgIpc) is 3.69. The molecule has 7 aromatic carbocycles. The molecule has 0 radical (unpaired) electrons. The maximum atomic E-state index is 11.0. The number of nitrogens with zero attached hydrogens (tertiary/aromatic N) is 3. The second-order valence-electron chi connectivity index (χ2n) is 13.6. The quantitative estimate of drug-likeness (QED) is 0.0892. The van der Waals surface area contributed by atoms with Crippen LogP contribution in [-0.2, 0) is 17.6 Å². The summed E-state index contributed by atoms with van der Waals surface area (Å²) >= 11 is 3.54. The van der Waals surface area contributed by atoms with Gasteiger partial charge in [0.05, 0.1) is 22.8 Å². The summed E-state index contributed by atoms with van der Waals surface area (Å²) in [5.74, 6) is -0.498. The van der Waals surface area contributed by atoms with Crippen LogP contribution in [0.3, 0.4) is 0 Å². The number of nitrogens with one attached hydrogen (secondary N) is 1. The highest BCUT2D eigenvalue weighted by Gasteiger charge is 2.22. The van der Waals surface area contributed by atoms with Gasteiger partial charge in [0.15, 0.2) is 6.61 Å². The third kappa shape index (κ3) is 10.3. The number of hydrogen-bond acceptors (Lipinski definition) is 5. The predicted molar refractivity (Wildman–Crippen MR) is 243 cm³/mol. The lowest BCUT2D eigenvalue weighted by Gasteiger charge is -2.14. The van der Waals surface area contributed by atoms with E-state index >= 15 is 0 Å². The van der Waals surface area contributed by atoms with Crippen LogP contribution in [0, 0.1) is 0 Å². The van der Waals surface area contributed by atoms with Crippen molar-refractivity contribution in [2.45, 2.75) is 19.8 Å². The van der Waals surface area contributed by atoms with E-state index in [1.165, 1.54) is 5.56 Å². The van der Waals surface area contributed by atoms with E-state index in [0.29, 0.717) is 5.75 Å². The highest BCUT2D eigenvalue weighted by atomic mass is 79.9. The smallest absolute Gasteiger partial charge is 0.341 e. The summed E-state index contributed by atoms with van der Waals surface area (Å²) in [5, 5.41) is 18.8. The van der Waals surface area contributed by atoms with Crippen LogP contribution in [0.25, 0.3) is 39.2 Å². The molecule has 7 nitrogen and oxygen atoms in total. The summed E-state index contributed by atoms with van der Waals surface area (Å²) in [5.41, 5.74) is 15.7. The zero-order chi connectivity index (χ0) is 40.8. The maximum Gasteiger partial charge on any atom is 0.341 e. The van der Waals surface area contributed by atoms with Crippen molar-refractivity contribution < 1.29 is 14.6 Å². The fraction of sp³-hybridized carbons (Fsp3) is 0.0784. The van der Waals surface area contributed by atoms with Crippen molar-refractivity contribution in [3.05, 3.63) is 215 Å². The Labute approximate surface area is 353 Å². The first-order valence-electron chi connectivity index (χ1n) is 19.4. The first kappa shape index (κ1) is 40.2. The standard InChI is InChI=1S/C31H26N2O3.C20H17BrN2/c1-2-27-30(22-12-5-3-6-13-22)31(23-14-7-4-8-15-23)32-33(27)28-19-10-9-18-26(28)24-16-11-17-25(20-24)36-21-29(34)35;21-18-13-7-8-14-19(18)22-23-20(17-11-5-2-6-12-17)15-16-9-3-1-4-10-16/h3-20H,2,21H2,1H3,(H,34,35);1-14,22H,15H2/b;23-20+. The molecule has 0 saturated carbocycles. The lowest BCUT2D eigenvalue weighted by molar-refractivity contribution is -0.139. The zero-order valence-corrected chi connectivity index (χ0v) is 34.2. The molecule has 2 N–H and O–H groups in total.